The van der Waals surface area contributed by atoms with Crippen molar-refractivity contribution in [1.82, 2.24) is 5.32 Å². The van der Waals surface area contributed by atoms with Gasteiger partial charge in [-0.15, -0.1) is 24.8 Å². The molecule has 35 heavy (non-hydrogen) atoms. The summed E-state index contributed by atoms with van der Waals surface area (Å²) in [4.78, 5) is 12.9. The van der Waals surface area contributed by atoms with E-state index in [1.807, 2.05) is 6.92 Å². The fraction of sp³-hybridized carbons (Fsp3) is 0.240. The third-order valence-electron chi connectivity index (χ3n) is 4.92. The Morgan fingerprint density at radius 2 is 1.63 bits per heavy atom. The van der Waals surface area contributed by atoms with E-state index in [9.17, 15) is 18.0 Å². The zero-order valence-electron chi connectivity index (χ0n) is 18.5. The molecule has 0 bridgehead atoms. The summed E-state index contributed by atoms with van der Waals surface area (Å²) in [5.74, 6) is -0.282. The van der Waals surface area contributed by atoms with Crippen molar-refractivity contribution in [3.63, 3.8) is 0 Å². The lowest BCUT2D eigenvalue weighted by Crippen LogP contribution is -2.30. The second-order valence-corrected chi connectivity index (χ2v) is 8.57. The molecule has 0 aliphatic heterocycles. The van der Waals surface area contributed by atoms with E-state index in [4.69, 9.17) is 39.5 Å². The van der Waals surface area contributed by atoms with Gasteiger partial charge in [-0.25, -0.2) is 0 Å². The quantitative estimate of drug-likeness (QED) is 0.276. The number of nitrogens with one attached hydrogen (secondary N) is 1. The predicted molar refractivity (Wildman–Crippen MR) is 132 cm³/mol. The lowest BCUT2D eigenvalue weighted by Gasteiger charge is -2.21. The second kappa shape index (κ2) is 11.9. The van der Waals surface area contributed by atoms with Crippen LogP contribution in [0.15, 0.2) is 60.7 Å². The molecule has 1 N–H and O–H groups in total. The first-order valence-corrected chi connectivity index (χ1v) is 11.9. The van der Waals surface area contributed by atoms with Crippen molar-refractivity contribution in [2.75, 3.05) is 12.5 Å². The molecule has 10 heteroatoms. The van der Waals surface area contributed by atoms with Crippen LogP contribution in [-0.4, -0.2) is 24.8 Å². The summed E-state index contributed by atoms with van der Waals surface area (Å²) in [6, 6.07) is 14.9. The Bertz CT molecular complexity index is 1150. The van der Waals surface area contributed by atoms with E-state index in [1.54, 1.807) is 36.4 Å². The van der Waals surface area contributed by atoms with Crippen molar-refractivity contribution in [2.24, 2.45) is 0 Å². The standard InChI is InChI=1S/C25H21Cl3F3NO3/c1-2-12-34-22-13-16(15-6-9-17(10-7-15)35-25(29,30)31)8-11-18(22)21(14-26)32-24(33)23-19(27)4-3-5-20(23)28/h3-11,13,21H,2,12,14H2,1H3,(H,32,33). The van der Waals surface area contributed by atoms with E-state index in [-0.39, 0.29) is 27.2 Å². The van der Waals surface area contributed by atoms with Gasteiger partial charge in [-0.2, -0.15) is 0 Å². The lowest BCUT2D eigenvalue weighted by molar-refractivity contribution is -0.274. The van der Waals surface area contributed by atoms with Crippen molar-refractivity contribution in [3.8, 4) is 22.6 Å². The summed E-state index contributed by atoms with van der Waals surface area (Å²) in [7, 11) is 0. The van der Waals surface area contributed by atoms with Gasteiger partial charge in [-0.3, -0.25) is 4.79 Å². The van der Waals surface area contributed by atoms with Crippen molar-refractivity contribution < 1.29 is 27.4 Å². The van der Waals surface area contributed by atoms with Crippen molar-refractivity contribution >= 4 is 40.7 Å². The van der Waals surface area contributed by atoms with Crippen molar-refractivity contribution in [1.29, 1.82) is 0 Å². The minimum absolute atomic E-state index is 0.0408. The normalized spacial score (nSPS) is 12.2. The molecule has 0 saturated carbocycles. The Labute approximate surface area is 215 Å². The van der Waals surface area contributed by atoms with Gasteiger partial charge in [0.05, 0.1) is 28.3 Å². The van der Waals surface area contributed by atoms with E-state index in [0.29, 0.717) is 29.0 Å². The van der Waals surface area contributed by atoms with Crippen LogP contribution in [0.3, 0.4) is 0 Å². The maximum absolute atomic E-state index is 12.9. The molecule has 0 saturated heterocycles. The molecule has 0 radical (unpaired) electrons. The second-order valence-electron chi connectivity index (χ2n) is 7.45. The van der Waals surface area contributed by atoms with Gasteiger partial charge in [0.2, 0.25) is 0 Å². The van der Waals surface area contributed by atoms with Gasteiger partial charge in [-0.05, 0) is 47.9 Å². The van der Waals surface area contributed by atoms with Crippen LogP contribution in [-0.2, 0) is 0 Å². The molecule has 0 aromatic heterocycles. The predicted octanol–water partition coefficient (Wildman–Crippen LogP) is 8.06. The summed E-state index contributed by atoms with van der Waals surface area (Å²) in [6.07, 6.45) is -4.03. The highest BCUT2D eigenvalue weighted by molar-refractivity contribution is 6.39. The smallest absolute Gasteiger partial charge is 0.493 e. The molecule has 186 valence electrons. The van der Waals surface area contributed by atoms with Crippen LogP contribution < -0.4 is 14.8 Å². The van der Waals surface area contributed by atoms with E-state index in [0.717, 1.165) is 6.42 Å². The number of carbonyl (C=O) groups is 1. The van der Waals surface area contributed by atoms with Crippen LogP contribution in [0.1, 0.15) is 35.3 Å². The Hall–Kier alpha value is -2.61. The molecule has 3 aromatic rings. The third-order valence-corrected chi connectivity index (χ3v) is 5.86. The largest absolute Gasteiger partial charge is 0.573 e. The molecule has 3 rings (SSSR count). The van der Waals surface area contributed by atoms with Gasteiger partial charge >= 0.3 is 6.36 Å². The van der Waals surface area contributed by atoms with E-state index < -0.39 is 18.3 Å². The number of amides is 1. The maximum Gasteiger partial charge on any atom is 0.573 e. The molecule has 0 aliphatic carbocycles. The highest BCUT2D eigenvalue weighted by atomic mass is 35.5. The average Bonchev–Trinajstić information content (AvgIpc) is 2.80. The van der Waals surface area contributed by atoms with Crippen molar-refractivity contribution in [2.45, 2.75) is 25.7 Å². The monoisotopic (exact) mass is 545 g/mol. The van der Waals surface area contributed by atoms with Gasteiger partial charge in [0.15, 0.2) is 0 Å². The number of rotatable bonds is 9. The molecular formula is C25H21Cl3F3NO3. The first kappa shape index (κ1) is 27.0. The minimum Gasteiger partial charge on any atom is -0.493 e. The average molecular weight is 547 g/mol. The maximum atomic E-state index is 12.9. The van der Waals surface area contributed by atoms with Crippen molar-refractivity contribution in [3.05, 3.63) is 81.8 Å². The van der Waals surface area contributed by atoms with Crippen LogP contribution in [0.4, 0.5) is 13.2 Å². The Kier molecular flexibility index (Phi) is 9.16. The molecule has 1 amide bonds. The van der Waals surface area contributed by atoms with E-state index >= 15 is 0 Å². The minimum atomic E-state index is -4.76. The summed E-state index contributed by atoms with van der Waals surface area (Å²) in [5.41, 5.74) is 2.12. The van der Waals surface area contributed by atoms with Gasteiger partial charge in [0.1, 0.15) is 11.5 Å². The number of ether oxygens (including phenoxy) is 2. The van der Waals surface area contributed by atoms with Crippen LogP contribution in [0.5, 0.6) is 11.5 Å². The van der Waals surface area contributed by atoms with E-state index in [2.05, 4.69) is 10.1 Å². The Morgan fingerprint density at radius 1 is 1.00 bits per heavy atom. The summed E-state index contributed by atoms with van der Waals surface area (Å²) >= 11 is 18.5. The number of alkyl halides is 4. The lowest BCUT2D eigenvalue weighted by atomic mass is 9.99. The van der Waals surface area contributed by atoms with Gasteiger partial charge in [0.25, 0.3) is 5.91 Å². The zero-order chi connectivity index (χ0) is 25.6. The highest BCUT2D eigenvalue weighted by Crippen LogP contribution is 2.34. The molecule has 1 unspecified atom stereocenters. The number of benzene rings is 3. The fourth-order valence-corrected chi connectivity index (χ4v) is 4.14. The molecule has 3 aromatic carbocycles. The molecular weight excluding hydrogens is 526 g/mol. The van der Waals surface area contributed by atoms with Gasteiger partial charge < -0.3 is 14.8 Å². The molecule has 4 nitrogen and oxygen atoms in total. The number of halogens is 6. The topological polar surface area (TPSA) is 47.6 Å². The van der Waals surface area contributed by atoms with Crippen LogP contribution in [0.2, 0.25) is 10.0 Å². The first-order chi connectivity index (χ1) is 16.6. The number of hydrogen-bond donors (Lipinski definition) is 1. The van der Waals surface area contributed by atoms with Crippen LogP contribution in [0.25, 0.3) is 11.1 Å². The molecule has 1 atom stereocenters. The van der Waals surface area contributed by atoms with Gasteiger partial charge in [0, 0.05) is 11.4 Å². The van der Waals surface area contributed by atoms with Crippen LogP contribution in [0, 0.1) is 0 Å². The zero-order valence-corrected chi connectivity index (χ0v) is 20.7. The van der Waals surface area contributed by atoms with E-state index in [1.165, 1.54) is 24.3 Å². The molecule has 0 fully saturated rings. The number of carbonyl (C=O) groups excluding carboxylic acids is 1. The molecule has 0 heterocycles. The first-order valence-electron chi connectivity index (χ1n) is 10.6. The summed E-state index contributed by atoms with van der Waals surface area (Å²) in [6.45, 7) is 2.36. The highest BCUT2D eigenvalue weighted by Gasteiger charge is 2.31. The van der Waals surface area contributed by atoms with Gasteiger partial charge in [-0.1, -0.05) is 60.5 Å². The fourth-order valence-electron chi connectivity index (χ4n) is 3.33. The SMILES string of the molecule is CCCOc1cc(-c2ccc(OC(F)(F)F)cc2)ccc1C(CCl)NC(=O)c1c(Cl)cccc1Cl. The van der Waals surface area contributed by atoms with Crippen LogP contribution >= 0.6 is 34.8 Å². The summed E-state index contributed by atoms with van der Waals surface area (Å²) < 4.78 is 47.2. The summed E-state index contributed by atoms with van der Waals surface area (Å²) in [5, 5.41) is 3.26. The third kappa shape index (κ3) is 7.19. The molecule has 0 aliphatic rings. The number of hydrogen-bond acceptors (Lipinski definition) is 3. The molecule has 0 spiro atoms. The Balaban J connectivity index is 1.90. The Morgan fingerprint density at radius 3 is 2.20 bits per heavy atom.